The molecule has 2 fully saturated rings. The van der Waals surface area contributed by atoms with E-state index in [4.69, 9.17) is 9.73 Å². The first-order chi connectivity index (χ1) is 15.1. The highest BCUT2D eigenvalue weighted by Crippen LogP contribution is 2.20. The molecule has 0 aromatic heterocycles. The van der Waals surface area contributed by atoms with Gasteiger partial charge in [-0.05, 0) is 38.2 Å². The Morgan fingerprint density at radius 2 is 1.90 bits per heavy atom. The monoisotopic (exact) mass is 429 g/mol. The molecule has 2 aliphatic rings. The first-order valence-corrected chi connectivity index (χ1v) is 12.2. The van der Waals surface area contributed by atoms with E-state index in [1.807, 2.05) is 0 Å². The molecule has 174 valence electrons. The summed E-state index contributed by atoms with van der Waals surface area (Å²) in [6.45, 7) is 16.7. The molecule has 0 radical (unpaired) electrons. The first kappa shape index (κ1) is 24.0. The van der Waals surface area contributed by atoms with Crippen molar-refractivity contribution in [3.63, 3.8) is 0 Å². The summed E-state index contributed by atoms with van der Waals surface area (Å²) in [7, 11) is 0. The number of nitrogens with zero attached hydrogens (tertiary/aromatic N) is 3. The van der Waals surface area contributed by atoms with E-state index in [0.29, 0.717) is 24.0 Å². The van der Waals surface area contributed by atoms with Crippen LogP contribution in [0.1, 0.15) is 46.1 Å². The standard InChI is InChI=1S/C25H43N5O/c1-5-26-25(27-18-24(20(2)3)29-13-15-31-16-14-29)28-23-11-12-30(21(4)17-23)19-22-9-7-6-8-10-22/h6-10,20-21,23-24H,5,11-19H2,1-4H3,(H2,26,27,28). The fourth-order valence-electron chi connectivity index (χ4n) is 4.76. The van der Waals surface area contributed by atoms with Gasteiger partial charge in [0.25, 0.3) is 0 Å². The lowest BCUT2D eigenvalue weighted by Crippen LogP contribution is -2.52. The molecule has 3 atom stereocenters. The van der Waals surface area contributed by atoms with Crippen molar-refractivity contribution in [2.24, 2.45) is 10.9 Å². The van der Waals surface area contributed by atoms with Crippen LogP contribution in [-0.4, -0.2) is 79.8 Å². The van der Waals surface area contributed by atoms with Crippen molar-refractivity contribution < 1.29 is 4.74 Å². The Morgan fingerprint density at radius 3 is 2.55 bits per heavy atom. The Kier molecular flexibility index (Phi) is 9.62. The zero-order valence-corrected chi connectivity index (χ0v) is 20.0. The Labute approximate surface area is 189 Å². The van der Waals surface area contributed by atoms with Gasteiger partial charge in [0.15, 0.2) is 5.96 Å². The Hall–Kier alpha value is -1.63. The molecule has 2 heterocycles. The molecule has 1 aromatic rings. The van der Waals surface area contributed by atoms with Crippen molar-refractivity contribution in [2.75, 3.05) is 45.9 Å². The number of hydrogen-bond donors (Lipinski definition) is 2. The van der Waals surface area contributed by atoms with Crippen LogP contribution in [-0.2, 0) is 11.3 Å². The molecule has 0 bridgehead atoms. The topological polar surface area (TPSA) is 52.1 Å². The maximum absolute atomic E-state index is 5.54. The van der Waals surface area contributed by atoms with E-state index in [-0.39, 0.29) is 0 Å². The molecule has 31 heavy (non-hydrogen) atoms. The second-order valence-corrected chi connectivity index (χ2v) is 9.35. The smallest absolute Gasteiger partial charge is 0.191 e. The van der Waals surface area contributed by atoms with Gasteiger partial charge in [-0.2, -0.15) is 0 Å². The van der Waals surface area contributed by atoms with E-state index in [0.717, 1.165) is 71.3 Å². The number of benzene rings is 1. The van der Waals surface area contributed by atoms with Crippen molar-refractivity contribution in [1.82, 2.24) is 20.4 Å². The van der Waals surface area contributed by atoms with Crippen molar-refractivity contribution in [1.29, 1.82) is 0 Å². The summed E-state index contributed by atoms with van der Waals surface area (Å²) in [5.41, 5.74) is 1.40. The summed E-state index contributed by atoms with van der Waals surface area (Å²) in [4.78, 5) is 10.2. The van der Waals surface area contributed by atoms with Crippen LogP contribution in [0.4, 0.5) is 0 Å². The zero-order valence-electron chi connectivity index (χ0n) is 20.0. The third-order valence-electron chi connectivity index (χ3n) is 6.65. The minimum absolute atomic E-state index is 0.464. The SMILES string of the molecule is CCNC(=NCC(C(C)C)N1CCOCC1)NC1CCN(Cc2ccccc2)C(C)C1. The van der Waals surface area contributed by atoms with Gasteiger partial charge in [-0.25, -0.2) is 0 Å². The number of hydrogen-bond acceptors (Lipinski definition) is 4. The molecular weight excluding hydrogens is 386 g/mol. The number of likely N-dealkylation sites (tertiary alicyclic amines) is 1. The van der Waals surface area contributed by atoms with Gasteiger partial charge in [-0.3, -0.25) is 14.8 Å². The minimum Gasteiger partial charge on any atom is -0.379 e. The van der Waals surface area contributed by atoms with E-state index < -0.39 is 0 Å². The van der Waals surface area contributed by atoms with Crippen LogP contribution >= 0.6 is 0 Å². The van der Waals surface area contributed by atoms with E-state index in [1.54, 1.807) is 0 Å². The molecule has 2 aliphatic heterocycles. The van der Waals surface area contributed by atoms with Crippen LogP contribution in [0.15, 0.2) is 35.3 Å². The zero-order chi connectivity index (χ0) is 22.1. The third kappa shape index (κ3) is 7.48. The van der Waals surface area contributed by atoms with Crippen molar-refractivity contribution >= 4 is 5.96 Å². The molecule has 3 unspecified atom stereocenters. The van der Waals surface area contributed by atoms with Gasteiger partial charge in [0.1, 0.15) is 0 Å². The van der Waals surface area contributed by atoms with Gasteiger partial charge in [0, 0.05) is 50.8 Å². The minimum atomic E-state index is 0.464. The van der Waals surface area contributed by atoms with Crippen LogP contribution in [0.3, 0.4) is 0 Å². The van der Waals surface area contributed by atoms with Gasteiger partial charge in [0.2, 0.25) is 0 Å². The van der Waals surface area contributed by atoms with Crippen LogP contribution < -0.4 is 10.6 Å². The number of ether oxygens (including phenoxy) is 1. The average Bonchev–Trinajstić information content (AvgIpc) is 2.77. The lowest BCUT2D eigenvalue weighted by molar-refractivity contribution is 0.00866. The van der Waals surface area contributed by atoms with Crippen molar-refractivity contribution in [3.05, 3.63) is 35.9 Å². The van der Waals surface area contributed by atoms with Gasteiger partial charge < -0.3 is 15.4 Å². The van der Waals surface area contributed by atoms with E-state index >= 15 is 0 Å². The van der Waals surface area contributed by atoms with Gasteiger partial charge in [-0.15, -0.1) is 0 Å². The second-order valence-electron chi connectivity index (χ2n) is 9.35. The molecule has 0 aliphatic carbocycles. The highest BCUT2D eigenvalue weighted by atomic mass is 16.5. The molecular formula is C25H43N5O. The van der Waals surface area contributed by atoms with E-state index in [9.17, 15) is 0 Å². The van der Waals surface area contributed by atoms with E-state index in [1.165, 1.54) is 5.56 Å². The molecule has 0 amide bonds. The number of morpholine rings is 1. The molecule has 0 saturated carbocycles. The maximum Gasteiger partial charge on any atom is 0.191 e. The number of aliphatic imine (C=N–C) groups is 1. The third-order valence-corrected chi connectivity index (χ3v) is 6.65. The first-order valence-electron chi connectivity index (χ1n) is 12.2. The van der Waals surface area contributed by atoms with Crippen molar-refractivity contribution in [3.8, 4) is 0 Å². The second kappa shape index (κ2) is 12.4. The highest BCUT2D eigenvalue weighted by Gasteiger charge is 2.27. The molecule has 6 heteroatoms. The van der Waals surface area contributed by atoms with Crippen molar-refractivity contribution in [2.45, 2.75) is 65.2 Å². The normalized spacial score (nSPS) is 24.9. The fraction of sp³-hybridized carbons (Fsp3) is 0.720. The van der Waals surface area contributed by atoms with Crippen LogP contribution in [0.25, 0.3) is 0 Å². The molecule has 3 rings (SSSR count). The summed E-state index contributed by atoms with van der Waals surface area (Å²) < 4.78 is 5.54. The van der Waals surface area contributed by atoms with Gasteiger partial charge in [0.05, 0.1) is 19.8 Å². The predicted octanol–water partition coefficient (Wildman–Crippen LogP) is 2.95. The average molecular weight is 430 g/mol. The van der Waals surface area contributed by atoms with Gasteiger partial charge in [-0.1, -0.05) is 44.2 Å². The summed E-state index contributed by atoms with van der Waals surface area (Å²) in [5, 5.41) is 7.21. The number of piperidine rings is 1. The van der Waals surface area contributed by atoms with Gasteiger partial charge >= 0.3 is 0 Å². The van der Waals surface area contributed by atoms with Crippen LogP contribution in [0, 0.1) is 5.92 Å². The summed E-state index contributed by atoms with van der Waals surface area (Å²) in [5.74, 6) is 1.54. The largest absolute Gasteiger partial charge is 0.379 e. The molecule has 2 saturated heterocycles. The quantitative estimate of drug-likeness (QED) is 0.492. The number of rotatable bonds is 8. The summed E-state index contributed by atoms with van der Waals surface area (Å²) in [6, 6.07) is 12.3. The number of guanidine groups is 1. The highest BCUT2D eigenvalue weighted by molar-refractivity contribution is 5.80. The molecule has 2 N–H and O–H groups in total. The lowest BCUT2D eigenvalue weighted by Gasteiger charge is -2.38. The maximum atomic E-state index is 5.54. The Balaban J connectivity index is 1.54. The summed E-state index contributed by atoms with van der Waals surface area (Å²) in [6.07, 6.45) is 2.30. The fourth-order valence-corrected chi connectivity index (χ4v) is 4.76. The lowest BCUT2D eigenvalue weighted by atomic mass is 9.97. The Bertz CT molecular complexity index is 659. The Morgan fingerprint density at radius 1 is 1.16 bits per heavy atom. The molecule has 6 nitrogen and oxygen atoms in total. The number of nitrogens with one attached hydrogen (secondary N) is 2. The van der Waals surface area contributed by atoms with E-state index in [2.05, 4.69) is 78.5 Å². The molecule has 1 aromatic carbocycles. The van der Waals surface area contributed by atoms with Crippen LogP contribution in [0.5, 0.6) is 0 Å². The summed E-state index contributed by atoms with van der Waals surface area (Å²) >= 11 is 0. The van der Waals surface area contributed by atoms with Crippen LogP contribution in [0.2, 0.25) is 0 Å². The molecule has 0 spiro atoms. The predicted molar refractivity (Wildman–Crippen MR) is 129 cm³/mol.